The first-order chi connectivity index (χ1) is 13.6. The van der Waals surface area contributed by atoms with E-state index in [1.807, 2.05) is 19.1 Å². The van der Waals surface area contributed by atoms with E-state index in [-0.39, 0.29) is 15.8 Å². The van der Waals surface area contributed by atoms with Crippen LogP contribution in [0.4, 0.5) is 5.69 Å². The molecule has 4 N–H and O–H groups in total. The molecule has 0 unspecified atom stereocenters. The fourth-order valence-corrected chi connectivity index (χ4v) is 3.32. The molecule has 0 aliphatic carbocycles. The maximum Gasteiger partial charge on any atom is 0.293 e. The highest BCUT2D eigenvalue weighted by atomic mass is 35.5. The topological polar surface area (TPSA) is 114 Å². The number of thiocarbonyl (C=S) groups is 1. The van der Waals surface area contributed by atoms with Crippen LogP contribution in [-0.4, -0.2) is 19.4 Å². The first kappa shape index (κ1) is 21.0. The normalized spacial score (nSPS) is 11.1. The van der Waals surface area contributed by atoms with Crippen LogP contribution in [0.3, 0.4) is 0 Å². The zero-order chi connectivity index (χ0) is 21.2. The lowest BCUT2D eigenvalue weighted by atomic mass is 10.1. The summed E-state index contributed by atoms with van der Waals surface area (Å²) in [7, 11) is -3.78. The van der Waals surface area contributed by atoms with Gasteiger partial charge in [-0.3, -0.25) is 10.1 Å². The van der Waals surface area contributed by atoms with Gasteiger partial charge >= 0.3 is 0 Å². The Kier molecular flexibility index (Phi) is 6.04. The number of rotatable bonds is 4. The minimum Gasteiger partial charge on any atom is -0.451 e. The molecular weight excluding hydrogens is 434 g/mol. The van der Waals surface area contributed by atoms with E-state index >= 15 is 0 Å². The molecule has 150 valence electrons. The van der Waals surface area contributed by atoms with Crippen molar-refractivity contribution in [3.05, 3.63) is 70.9 Å². The lowest BCUT2D eigenvalue weighted by Gasteiger charge is -2.09. The number of sulfonamides is 1. The van der Waals surface area contributed by atoms with E-state index in [0.717, 1.165) is 11.1 Å². The Balaban J connectivity index is 1.65. The molecule has 0 saturated heterocycles. The Morgan fingerprint density at radius 3 is 2.41 bits per heavy atom. The fourth-order valence-electron chi connectivity index (χ4n) is 2.42. The van der Waals surface area contributed by atoms with Gasteiger partial charge in [0.2, 0.25) is 10.0 Å². The summed E-state index contributed by atoms with van der Waals surface area (Å²) in [4.78, 5) is 12.3. The maximum absolute atomic E-state index is 12.3. The Hall–Kier alpha value is -2.72. The van der Waals surface area contributed by atoms with E-state index in [2.05, 4.69) is 10.6 Å². The standard InChI is InChI=1S/C19H16ClN3O4S2/c1-11-2-3-12(10-15(11)20)16-8-9-17(27-16)18(24)23-19(28)22-13-4-6-14(7-5-13)29(21,25)26/h2-10H,1H3,(H2,21,25,26)(H2,22,23,24,28). The van der Waals surface area contributed by atoms with Crippen molar-refractivity contribution in [1.29, 1.82) is 0 Å². The van der Waals surface area contributed by atoms with Gasteiger partial charge < -0.3 is 9.73 Å². The minimum absolute atomic E-state index is 0.0229. The molecule has 29 heavy (non-hydrogen) atoms. The molecule has 2 aromatic carbocycles. The summed E-state index contributed by atoms with van der Waals surface area (Å²) in [5.74, 6) is 0.0352. The smallest absolute Gasteiger partial charge is 0.293 e. The van der Waals surface area contributed by atoms with E-state index in [9.17, 15) is 13.2 Å². The molecule has 1 amide bonds. The van der Waals surface area contributed by atoms with Gasteiger partial charge in [0.15, 0.2) is 10.9 Å². The molecule has 10 heteroatoms. The number of nitrogens with one attached hydrogen (secondary N) is 2. The molecule has 0 fully saturated rings. The lowest BCUT2D eigenvalue weighted by Crippen LogP contribution is -2.33. The second-order valence-electron chi connectivity index (χ2n) is 6.11. The SMILES string of the molecule is Cc1ccc(-c2ccc(C(=O)NC(=S)Nc3ccc(S(N)(=O)=O)cc3)o2)cc1Cl. The zero-order valence-electron chi connectivity index (χ0n) is 15.1. The molecule has 3 rings (SSSR count). The molecule has 0 aliphatic rings. The molecule has 1 aromatic heterocycles. The second-order valence-corrected chi connectivity index (χ2v) is 8.48. The second kappa shape index (κ2) is 8.34. The van der Waals surface area contributed by atoms with Crippen molar-refractivity contribution in [2.24, 2.45) is 5.14 Å². The third kappa shape index (κ3) is 5.21. The summed E-state index contributed by atoms with van der Waals surface area (Å²) >= 11 is 11.2. The van der Waals surface area contributed by atoms with Crippen LogP contribution in [0.1, 0.15) is 16.1 Å². The minimum atomic E-state index is -3.78. The number of aryl methyl sites for hydroxylation is 1. The van der Waals surface area contributed by atoms with Crippen LogP contribution in [-0.2, 0) is 10.0 Å². The first-order valence-electron chi connectivity index (χ1n) is 8.25. The highest BCUT2D eigenvalue weighted by molar-refractivity contribution is 7.89. The van der Waals surface area contributed by atoms with E-state index in [4.69, 9.17) is 33.4 Å². The van der Waals surface area contributed by atoms with E-state index in [1.165, 1.54) is 30.3 Å². The molecular formula is C19H16ClN3O4S2. The van der Waals surface area contributed by atoms with Crippen LogP contribution in [0, 0.1) is 6.92 Å². The Morgan fingerprint density at radius 1 is 1.10 bits per heavy atom. The quantitative estimate of drug-likeness (QED) is 0.523. The van der Waals surface area contributed by atoms with Crippen LogP contribution < -0.4 is 15.8 Å². The third-order valence-electron chi connectivity index (χ3n) is 3.95. The van der Waals surface area contributed by atoms with Gasteiger partial charge in [0.05, 0.1) is 4.90 Å². The van der Waals surface area contributed by atoms with Gasteiger partial charge in [-0.25, -0.2) is 13.6 Å². The average molecular weight is 450 g/mol. The molecule has 0 spiro atoms. The van der Waals surface area contributed by atoms with E-state index in [1.54, 1.807) is 12.1 Å². The number of carbonyl (C=O) groups is 1. The number of primary sulfonamides is 1. The Bertz CT molecular complexity index is 1190. The highest BCUT2D eigenvalue weighted by Crippen LogP contribution is 2.27. The largest absolute Gasteiger partial charge is 0.451 e. The molecule has 0 aliphatic heterocycles. The predicted molar refractivity (Wildman–Crippen MR) is 115 cm³/mol. The summed E-state index contributed by atoms with van der Waals surface area (Å²) in [5.41, 5.74) is 2.17. The molecule has 0 saturated carbocycles. The number of benzene rings is 2. The van der Waals surface area contributed by atoms with Crippen LogP contribution in [0.15, 0.2) is 63.9 Å². The molecule has 1 heterocycles. The van der Waals surface area contributed by atoms with Gasteiger partial charge in [0.1, 0.15) is 5.76 Å². The maximum atomic E-state index is 12.3. The third-order valence-corrected chi connectivity index (χ3v) is 5.49. The van der Waals surface area contributed by atoms with Crippen LogP contribution >= 0.6 is 23.8 Å². The number of hydrogen-bond donors (Lipinski definition) is 3. The molecule has 0 atom stereocenters. The number of anilines is 1. The van der Waals surface area contributed by atoms with Gasteiger partial charge in [-0.2, -0.15) is 0 Å². The van der Waals surface area contributed by atoms with Gasteiger partial charge in [-0.05, 0) is 67.2 Å². The Labute approximate surface area is 177 Å². The predicted octanol–water partition coefficient (Wildman–Crippen LogP) is 3.68. The van der Waals surface area contributed by atoms with Crippen molar-refractivity contribution in [1.82, 2.24) is 5.32 Å². The summed E-state index contributed by atoms with van der Waals surface area (Å²) < 4.78 is 28.1. The lowest BCUT2D eigenvalue weighted by molar-refractivity contribution is 0.0951. The van der Waals surface area contributed by atoms with Crippen molar-refractivity contribution < 1.29 is 17.6 Å². The van der Waals surface area contributed by atoms with Crippen LogP contribution in [0.25, 0.3) is 11.3 Å². The van der Waals surface area contributed by atoms with Gasteiger partial charge in [-0.15, -0.1) is 0 Å². The van der Waals surface area contributed by atoms with Crippen LogP contribution in [0.5, 0.6) is 0 Å². The molecule has 0 bridgehead atoms. The van der Waals surface area contributed by atoms with Crippen molar-refractivity contribution >= 4 is 50.5 Å². The summed E-state index contributed by atoms with van der Waals surface area (Å²) in [6.07, 6.45) is 0. The zero-order valence-corrected chi connectivity index (χ0v) is 17.5. The fraction of sp³-hybridized carbons (Fsp3) is 0.0526. The first-order valence-corrected chi connectivity index (χ1v) is 10.6. The number of hydrogen-bond acceptors (Lipinski definition) is 5. The number of nitrogens with two attached hydrogens (primary N) is 1. The summed E-state index contributed by atoms with van der Waals surface area (Å²) in [6.45, 7) is 1.89. The Morgan fingerprint density at radius 2 is 1.79 bits per heavy atom. The number of halogens is 1. The number of carbonyl (C=O) groups excluding carboxylic acids is 1. The average Bonchev–Trinajstić information content (AvgIpc) is 3.14. The van der Waals surface area contributed by atoms with Crippen molar-refractivity contribution in [3.63, 3.8) is 0 Å². The number of furan rings is 1. The van der Waals surface area contributed by atoms with E-state index < -0.39 is 15.9 Å². The van der Waals surface area contributed by atoms with E-state index in [0.29, 0.717) is 16.5 Å². The molecule has 3 aromatic rings. The highest BCUT2D eigenvalue weighted by Gasteiger charge is 2.14. The molecule has 0 radical (unpaired) electrons. The molecule has 7 nitrogen and oxygen atoms in total. The van der Waals surface area contributed by atoms with Crippen molar-refractivity contribution in [2.45, 2.75) is 11.8 Å². The van der Waals surface area contributed by atoms with Gasteiger partial charge in [-0.1, -0.05) is 23.7 Å². The summed E-state index contributed by atoms with van der Waals surface area (Å²) in [5, 5.41) is 10.9. The van der Waals surface area contributed by atoms with Gasteiger partial charge in [0.25, 0.3) is 5.91 Å². The monoisotopic (exact) mass is 449 g/mol. The van der Waals surface area contributed by atoms with Crippen LogP contribution in [0.2, 0.25) is 5.02 Å². The summed E-state index contributed by atoms with van der Waals surface area (Å²) in [6, 6.07) is 14.3. The van der Waals surface area contributed by atoms with Crippen molar-refractivity contribution in [2.75, 3.05) is 5.32 Å². The van der Waals surface area contributed by atoms with Gasteiger partial charge in [0, 0.05) is 16.3 Å². The van der Waals surface area contributed by atoms with Crippen molar-refractivity contribution in [3.8, 4) is 11.3 Å². The number of amides is 1.